The van der Waals surface area contributed by atoms with Gasteiger partial charge in [-0.25, -0.2) is 0 Å². The molecule has 0 heterocycles. The number of likely N-dealkylation sites (N-methyl/N-ethyl adjacent to an activating group) is 2. The van der Waals surface area contributed by atoms with Crippen molar-refractivity contribution in [2.24, 2.45) is 0 Å². The summed E-state index contributed by atoms with van der Waals surface area (Å²) >= 11 is 0. The quantitative estimate of drug-likeness (QED) is 0.592. The fourth-order valence-electron chi connectivity index (χ4n) is 2.69. The van der Waals surface area contributed by atoms with Gasteiger partial charge in [0.2, 0.25) is 0 Å². The maximum absolute atomic E-state index is 5.01. The van der Waals surface area contributed by atoms with Crippen LogP contribution >= 0.6 is 0 Å². The van der Waals surface area contributed by atoms with Gasteiger partial charge in [0.1, 0.15) is 0 Å². The highest BCUT2D eigenvalue weighted by Crippen LogP contribution is 2.36. The van der Waals surface area contributed by atoms with Crippen LogP contribution in [0.25, 0.3) is 0 Å². The highest BCUT2D eigenvalue weighted by molar-refractivity contribution is 4.97. The average molecular weight is 257 g/mol. The first kappa shape index (κ1) is 15.9. The van der Waals surface area contributed by atoms with Crippen LogP contribution in [0.1, 0.15) is 25.7 Å². The molecule has 1 rings (SSSR count). The van der Waals surface area contributed by atoms with E-state index in [0.717, 1.165) is 19.7 Å². The molecule has 4 heteroatoms. The molecule has 0 amide bonds. The minimum Gasteiger partial charge on any atom is -0.383 e. The molecular formula is C14H31N3O. The summed E-state index contributed by atoms with van der Waals surface area (Å²) < 4.78 is 5.01. The molecule has 0 bridgehead atoms. The van der Waals surface area contributed by atoms with Gasteiger partial charge in [-0.05, 0) is 59.9 Å². The maximum atomic E-state index is 5.01. The molecule has 0 radical (unpaired) electrons. The van der Waals surface area contributed by atoms with Crippen LogP contribution < -0.4 is 5.32 Å². The first-order valence-corrected chi connectivity index (χ1v) is 7.16. The molecule has 0 spiro atoms. The van der Waals surface area contributed by atoms with Crippen molar-refractivity contribution < 1.29 is 4.74 Å². The molecule has 1 fully saturated rings. The summed E-state index contributed by atoms with van der Waals surface area (Å²) in [5.74, 6) is 0. The lowest BCUT2D eigenvalue weighted by Gasteiger charge is -2.49. The predicted molar refractivity (Wildman–Crippen MR) is 77.1 cm³/mol. The Balaban J connectivity index is 2.08. The Labute approximate surface area is 113 Å². The minimum atomic E-state index is 0.457. The highest BCUT2D eigenvalue weighted by atomic mass is 16.5. The first-order chi connectivity index (χ1) is 8.60. The van der Waals surface area contributed by atoms with E-state index < -0.39 is 0 Å². The number of methoxy groups -OCH3 is 1. The van der Waals surface area contributed by atoms with Crippen LogP contribution in [-0.2, 0) is 4.74 Å². The van der Waals surface area contributed by atoms with Crippen molar-refractivity contribution in [3.05, 3.63) is 0 Å². The van der Waals surface area contributed by atoms with Gasteiger partial charge in [0.15, 0.2) is 0 Å². The van der Waals surface area contributed by atoms with Crippen molar-refractivity contribution in [2.45, 2.75) is 31.2 Å². The van der Waals surface area contributed by atoms with Crippen LogP contribution in [-0.4, -0.2) is 76.4 Å². The van der Waals surface area contributed by atoms with Crippen LogP contribution in [0.4, 0.5) is 0 Å². The summed E-state index contributed by atoms with van der Waals surface area (Å²) in [6.45, 7) is 5.23. The fourth-order valence-corrected chi connectivity index (χ4v) is 2.69. The molecule has 18 heavy (non-hydrogen) atoms. The van der Waals surface area contributed by atoms with Gasteiger partial charge in [0.05, 0.1) is 6.61 Å². The molecule has 0 saturated heterocycles. The van der Waals surface area contributed by atoms with Crippen LogP contribution in [0.15, 0.2) is 0 Å². The average Bonchev–Trinajstić information content (AvgIpc) is 2.28. The number of nitrogens with zero attached hydrogens (tertiary/aromatic N) is 2. The Morgan fingerprint density at radius 3 is 2.39 bits per heavy atom. The van der Waals surface area contributed by atoms with Crippen molar-refractivity contribution in [1.29, 1.82) is 0 Å². The topological polar surface area (TPSA) is 27.7 Å². The van der Waals surface area contributed by atoms with Crippen molar-refractivity contribution in [3.63, 3.8) is 0 Å². The smallest absolute Gasteiger partial charge is 0.0587 e. The molecule has 0 unspecified atom stereocenters. The first-order valence-electron chi connectivity index (χ1n) is 7.16. The molecular weight excluding hydrogens is 226 g/mol. The maximum Gasteiger partial charge on any atom is 0.0587 e. The lowest BCUT2D eigenvalue weighted by Crippen LogP contribution is -2.56. The summed E-state index contributed by atoms with van der Waals surface area (Å²) in [5, 5.41) is 3.39. The second-order valence-electron chi connectivity index (χ2n) is 5.81. The molecule has 0 aromatic heterocycles. The lowest BCUT2D eigenvalue weighted by molar-refractivity contribution is 0.0276. The Morgan fingerprint density at radius 2 is 1.89 bits per heavy atom. The van der Waals surface area contributed by atoms with Crippen molar-refractivity contribution in [1.82, 2.24) is 15.1 Å². The van der Waals surface area contributed by atoms with Crippen LogP contribution in [0.5, 0.6) is 0 Å². The second kappa shape index (κ2) is 8.10. The predicted octanol–water partition coefficient (Wildman–Crippen LogP) is 1.03. The van der Waals surface area contributed by atoms with E-state index in [0.29, 0.717) is 5.54 Å². The molecule has 0 atom stereocenters. The fraction of sp³-hybridized carbons (Fsp3) is 1.00. The van der Waals surface area contributed by atoms with Gasteiger partial charge >= 0.3 is 0 Å². The zero-order chi connectivity index (χ0) is 13.4. The minimum absolute atomic E-state index is 0.457. The molecule has 0 aromatic rings. The zero-order valence-corrected chi connectivity index (χ0v) is 12.7. The summed E-state index contributed by atoms with van der Waals surface area (Å²) in [6.07, 6.45) is 5.32. The van der Waals surface area contributed by atoms with E-state index >= 15 is 0 Å². The molecule has 108 valence electrons. The standard InChI is InChI=1S/C14H31N3O/c1-16(2)14(7-5-8-14)13-17(3)11-6-9-15-10-12-18-4/h15H,5-13H2,1-4H3. The zero-order valence-electron chi connectivity index (χ0n) is 12.7. The van der Waals surface area contributed by atoms with Crippen LogP contribution in [0, 0.1) is 0 Å². The third-order valence-corrected chi connectivity index (χ3v) is 4.17. The van der Waals surface area contributed by atoms with Crippen LogP contribution in [0.2, 0.25) is 0 Å². The summed E-state index contributed by atoms with van der Waals surface area (Å²) in [7, 11) is 8.44. The van der Waals surface area contributed by atoms with Gasteiger partial charge in [0.25, 0.3) is 0 Å². The number of ether oxygens (including phenoxy) is 1. The summed E-state index contributed by atoms with van der Waals surface area (Å²) in [4.78, 5) is 4.90. The Morgan fingerprint density at radius 1 is 1.17 bits per heavy atom. The largest absolute Gasteiger partial charge is 0.383 e. The van der Waals surface area contributed by atoms with Gasteiger partial charge in [0, 0.05) is 25.7 Å². The molecule has 0 aliphatic heterocycles. The third-order valence-electron chi connectivity index (χ3n) is 4.17. The normalized spacial score (nSPS) is 18.3. The van der Waals surface area contributed by atoms with E-state index in [-0.39, 0.29) is 0 Å². The van der Waals surface area contributed by atoms with Gasteiger partial charge in [-0.3, -0.25) is 0 Å². The Kier molecular flexibility index (Phi) is 7.15. The van der Waals surface area contributed by atoms with E-state index in [2.05, 4.69) is 36.3 Å². The summed E-state index contributed by atoms with van der Waals surface area (Å²) in [5.41, 5.74) is 0.457. The molecule has 0 aromatic carbocycles. The van der Waals surface area contributed by atoms with Crippen molar-refractivity contribution in [3.8, 4) is 0 Å². The Hall–Kier alpha value is -0.160. The van der Waals surface area contributed by atoms with Gasteiger partial charge in [-0.2, -0.15) is 0 Å². The molecule has 1 aliphatic carbocycles. The highest BCUT2D eigenvalue weighted by Gasteiger charge is 2.39. The van der Waals surface area contributed by atoms with E-state index in [1.165, 1.54) is 38.8 Å². The monoisotopic (exact) mass is 257 g/mol. The van der Waals surface area contributed by atoms with E-state index in [1.807, 2.05) is 0 Å². The van der Waals surface area contributed by atoms with Gasteiger partial charge in [-0.1, -0.05) is 0 Å². The Bertz CT molecular complexity index is 217. The number of nitrogens with one attached hydrogen (secondary N) is 1. The van der Waals surface area contributed by atoms with Crippen LogP contribution in [0.3, 0.4) is 0 Å². The van der Waals surface area contributed by atoms with Gasteiger partial charge < -0.3 is 19.9 Å². The van der Waals surface area contributed by atoms with E-state index in [4.69, 9.17) is 4.74 Å². The van der Waals surface area contributed by atoms with Gasteiger partial charge in [-0.15, -0.1) is 0 Å². The second-order valence-corrected chi connectivity index (χ2v) is 5.81. The number of rotatable bonds is 10. The molecule has 1 aliphatic rings. The van der Waals surface area contributed by atoms with E-state index in [9.17, 15) is 0 Å². The molecule has 1 saturated carbocycles. The summed E-state index contributed by atoms with van der Waals surface area (Å²) in [6, 6.07) is 0. The van der Waals surface area contributed by atoms with E-state index in [1.54, 1.807) is 7.11 Å². The SMILES string of the molecule is COCCNCCCN(C)CC1(N(C)C)CCC1. The number of hydrogen-bond donors (Lipinski definition) is 1. The number of hydrogen-bond acceptors (Lipinski definition) is 4. The lowest BCUT2D eigenvalue weighted by atomic mass is 9.75. The van der Waals surface area contributed by atoms with Crippen molar-refractivity contribution in [2.75, 3.05) is 61.0 Å². The molecule has 4 nitrogen and oxygen atoms in total. The molecule has 1 N–H and O–H groups in total. The van der Waals surface area contributed by atoms with Crippen molar-refractivity contribution >= 4 is 0 Å². The third kappa shape index (κ3) is 4.84.